The fourth-order valence-corrected chi connectivity index (χ4v) is 5.36. The van der Waals surface area contributed by atoms with Crippen molar-refractivity contribution >= 4 is 32.7 Å². The second-order valence-electron chi connectivity index (χ2n) is 6.93. The zero-order valence-electron chi connectivity index (χ0n) is 15.9. The Morgan fingerprint density at radius 2 is 1.96 bits per heavy atom. The third kappa shape index (κ3) is 4.49. The third-order valence-electron chi connectivity index (χ3n) is 4.86. The smallest absolute Gasteiger partial charge is 0.340 e. The first-order valence-corrected chi connectivity index (χ1v) is 11.0. The molecule has 0 spiro atoms. The van der Waals surface area contributed by atoms with Crippen molar-refractivity contribution in [3.05, 3.63) is 41.1 Å². The SMILES string of the molecule is CCOC(=O)c1c(COC(=O)C[C@H]2CCS(=O)(=O)C2)nc2ccccc2c1C. The Labute approximate surface area is 164 Å². The van der Waals surface area contributed by atoms with Crippen molar-refractivity contribution in [3.8, 4) is 0 Å². The molecule has 0 saturated carbocycles. The lowest BCUT2D eigenvalue weighted by Gasteiger charge is -2.14. The summed E-state index contributed by atoms with van der Waals surface area (Å²) in [6, 6.07) is 7.40. The van der Waals surface area contributed by atoms with Gasteiger partial charge in [0.15, 0.2) is 9.84 Å². The molecule has 0 unspecified atom stereocenters. The number of benzene rings is 1. The number of esters is 2. The summed E-state index contributed by atoms with van der Waals surface area (Å²) in [6.45, 7) is 3.58. The van der Waals surface area contributed by atoms with Crippen LogP contribution in [-0.4, -0.2) is 43.5 Å². The summed E-state index contributed by atoms with van der Waals surface area (Å²) in [6.07, 6.45) is 0.513. The average molecular weight is 405 g/mol. The van der Waals surface area contributed by atoms with Crippen LogP contribution >= 0.6 is 0 Å². The molecule has 1 aliphatic heterocycles. The standard InChI is InChI=1S/C20H23NO6S/c1-3-26-20(23)19-13(2)15-6-4-5-7-16(15)21-17(19)11-27-18(22)10-14-8-9-28(24,25)12-14/h4-7,14H,3,8-12H2,1-2H3/t14-/m1/s1. The number of rotatable bonds is 6. The fourth-order valence-electron chi connectivity index (χ4n) is 3.50. The van der Waals surface area contributed by atoms with Crippen LogP contribution < -0.4 is 0 Å². The minimum Gasteiger partial charge on any atom is -0.462 e. The van der Waals surface area contributed by atoms with Crippen molar-refractivity contribution < 1.29 is 27.5 Å². The van der Waals surface area contributed by atoms with Crippen molar-refractivity contribution in [2.24, 2.45) is 5.92 Å². The van der Waals surface area contributed by atoms with Crippen LogP contribution in [0.2, 0.25) is 0 Å². The topological polar surface area (TPSA) is 99.6 Å². The minimum atomic E-state index is -3.04. The van der Waals surface area contributed by atoms with Crippen LogP contribution in [0.3, 0.4) is 0 Å². The first-order valence-electron chi connectivity index (χ1n) is 9.22. The molecule has 1 aliphatic rings. The fraction of sp³-hybridized carbons (Fsp3) is 0.450. The maximum atomic E-state index is 12.5. The van der Waals surface area contributed by atoms with Crippen molar-refractivity contribution in [3.63, 3.8) is 0 Å². The largest absolute Gasteiger partial charge is 0.462 e. The Balaban J connectivity index is 1.80. The Kier molecular flexibility index (Phi) is 5.98. The van der Waals surface area contributed by atoms with Gasteiger partial charge in [0.2, 0.25) is 0 Å². The van der Waals surface area contributed by atoms with Crippen LogP contribution in [0.15, 0.2) is 24.3 Å². The lowest BCUT2D eigenvalue weighted by Crippen LogP contribution is -2.16. The molecular formula is C20H23NO6S. The van der Waals surface area contributed by atoms with Gasteiger partial charge in [-0.05, 0) is 37.8 Å². The molecular weight excluding hydrogens is 382 g/mol. The van der Waals surface area contributed by atoms with E-state index in [9.17, 15) is 18.0 Å². The molecule has 0 amide bonds. The van der Waals surface area contributed by atoms with Crippen molar-refractivity contribution in [1.82, 2.24) is 4.98 Å². The highest BCUT2D eigenvalue weighted by molar-refractivity contribution is 7.91. The Hall–Kier alpha value is -2.48. The summed E-state index contributed by atoms with van der Waals surface area (Å²) < 4.78 is 33.5. The zero-order chi connectivity index (χ0) is 20.3. The molecule has 2 aromatic rings. The Bertz CT molecular complexity index is 1010. The van der Waals surface area contributed by atoms with E-state index < -0.39 is 21.8 Å². The molecule has 0 radical (unpaired) electrons. The highest BCUT2D eigenvalue weighted by atomic mass is 32.2. The second-order valence-corrected chi connectivity index (χ2v) is 9.16. The number of aryl methyl sites for hydroxylation is 1. The van der Waals surface area contributed by atoms with E-state index in [4.69, 9.17) is 9.47 Å². The van der Waals surface area contributed by atoms with Gasteiger partial charge in [-0.2, -0.15) is 0 Å². The third-order valence-corrected chi connectivity index (χ3v) is 6.70. The molecule has 0 bridgehead atoms. The maximum absolute atomic E-state index is 12.5. The quantitative estimate of drug-likeness (QED) is 0.681. The Morgan fingerprint density at radius 1 is 1.21 bits per heavy atom. The predicted molar refractivity (Wildman–Crippen MR) is 104 cm³/mol. The zero-order valence-corrected chi connectivity index (χ0v) is 16.8. The number of pyridine rings is 1. The van der Waals surface area contributed by atoms with Gasteiger partial charge in [-0.25, -0.2) is 18.2 Å². The van der Waals surface area contributed by atoms with E-state index in [1.165, 1.54) is 0 Å². The molecule has 1 fully saturated rings. The van der Waals surface area contributed by atoms with Crippen molar-refractivity contribution in [1.29, 1.82) is 0 Å². The number of nitrogens with zero attached hydrogens (tertiary/aromatic N) is 1. The molecule has 1 saturated heterocycles. The lowest BCUT2D eigenvalue weighted by atomic mass is 10.0. The monoisotopic (exact) mass is 405 g/mol. The molecule has 28 heavy (non-hydrogen) atoms. The van der Waals surface area contributed by atoms with E-state index in [1.807, 2.05) is 31.2 Å². The summed E-state index contributed by atoms with van der Waals surface area (Å²) in [5.74, 6) is -1.09. The van der Waals surface area contributed by atoms with Gasteiger partial charge in [0.05, 0.1) is 34.9 Å². The van der Waals surface area contributed by atoms with Gasteiger partial charge in [-0.3, -0.25) is 4.79 Å². The van der Waals surface area contributed by atoms with Crippen LogP contribution in [-0.2, 0) is 30.7 Å². The predicted octanol–water partition coefficient (Wildman–Crippen LogP) is 2.59. The summed E-state index contributed by atoms with van der Waals surface area (Å²) >= 11 is 0. The number of carbonyl (C=O) groups is 2. The van der Waals surface area contributed by atoms with Gasteiger partial charge in [-0.1, -0.05) is 18.2 Å². The first-order chi connectivity index (χ1) is 13.3. The van der Waals surface area contributed by atoms with Gasteiger partial charge in [0.1, 0.15) is 6.61 Å². The van der Waals surface area contributed by atoms with Crippen LogP contribution in [0, 0.1) is 12.8 Å². The molecule has 1 atom stereocenters. The lowest BCUT2D eigenvalue weighted by molar-refractivity contribution is -0.146. The molecule has 7 nitrogen and oxygen atoms in total. The van der Waals surface area contributed by atoms with E-state index in [-0.39, 0.29) is 37.1 Å². The van der Waals surface area contributed by atoms with Crippen LogP contribution in [0.5, 0.6) is 0 Å². The van der Waals surface area contributed by atoms with Gasteiger partial charge in [-0.15, -0.1) is 0 Å². The average Bonchev–Trinajstić information content (AvgIpc) is 2.98. The van der Waals surface area contributed by atoms with E-state index in [0.717, 1.165) is 10.9 Å². The number of hydrogen-bond acceptors (Lipinski definition) is 7. The number of para-hydroxylation sites is 1. The second kappa shape index (κ2) is 8.26. The molecule has 0 N–H and O–H groups in total. The molecule has 3 rings (SSSR count). The number of sulfone groups is 1. The normalized spacial score (nSPS) is 18.1. The summed E-state index contributed by atoms with van der Waals surface area (Å²) in [5, 5.41) is 0.830. The van der Waals surface area contributed by atoms with E-state index in [2.05, 4.69) is 4.98 Å². The summed E-state index contributed by atoms with van der Waals surface area (Å²) in [4.78, 5) is 29.1. The Morgan fingerprint density at radius 3 is 2.64 bits per heavy atom. The van der Waals surface area contributed by atoms with Crippen molar-refractivity contribution in [2.75, 3.05) is 18.1 Å². The number of carbonyl (C=O) groups excluding carboxylic acids is 2. The summed E-state index contributed by atoms with van der Waals surface area (Å²) in [7, 11) is -3.04. The van der Waals surface area contributed by atoms with Gasteiger partial charge < -0.3 is 9.47 Å². The molecule has 1 aromatic carbocycles. The number of hydrogen-bond donors (Lipinski definition) is 0. The molecule has 150 valence electrons. The number of fused-ring (bicyclic) bond motifs is 1. The molecule has 0 aliphatic carbocycles. The summed E-state index contributed by atoms with van der Waals surface area (Å²) in [5.41, 5.74) is 2.05. The van der Waals surface area contributed by atoms with Crippen LogP contribution in [0.4, 0.5) is 0 Å². The van der Waals surface area contributed by atoms with Crippen LogP contribution in [0.1, 0.15) is 41.4 Å². The first kappa shape index (κ1) is 20.3. The maximum Gasteiger partial charge on any atom is 0.340 e. The van der Waals surface area contributed by atoms with E-state index >= 15 is 0 Å². The molecule has 1 aromatic heterocycles. The molecule has 8 heteroatoms. The highest BCUT2D eigenvalue weighted by Crippen LogP contribution is 2.25. The number of ether oxygens (including phenoxy) is 2. The number of aromatic nitrogens is 1. The van der Waals surface area contributed by atoms with E-state index in [1.54, 1.807) is 6.92 Å². The highest BCUT2D eigenvalue weighted by Gasteiger charge is 2.30. The van der Waals surface area contributed by atoms with E-state index in [0.29, 0.717) is 23.2 Å². The van der Waals surface area contributed by atoms with Crippen LogP contribution in [0.25, 0.3) is 10.9 Å². The van der Waals surface area contributed by atoms with Gasteiger partial charge in [0.25, 0.3) is 0 Å². The molecule has 2 heterocycles. The van der Waals surface area contributed by atoms with Gasteiger partial charge >= 0.3 is 11.9 Å². The van der Waals surface area contributed by atoms with Gasteiger partial charge in [0, 0.05) is 11.8 Å². The minimum absolute atomic E-state index is 0.0174. The van der Waals surface area contributed by atoms with Crippen molar-refractivity contribution in [2.45, 2.75) is 33.3 Å².